The van der Waals surface area contributed by atoms with E-state index in [2.05, 4.69) is 15.5 Å². The summed E-state index contributed by atoms with van der Waals surface area (Å²) in [6.45, 7) is 0.359. The van der Waals surface area contributed by atoms with Crippen molar-refractivity contribution in [2.24, 2.45) is 11.8 Å². The van der Waals surface area contributed by atoms with E-state index >= 15 is 0 Å². The molecule has 2 amide bonds. The Labute approximate surface area is 263 Å². The van der Waals surface area contributed by atoms with E-state index in [9.17, 15) is 32.3 Å². The number of amides is 2. The van der Waals surface area contributed by atoms with Crippen LogP contribution >= 0.6 is 11.3 Å². The number of aromatic nitrogens is 3. The Balaban J connectivity index is 1.17. The average Bonchev–Trinajstić information content (AvgIpc) is 3.62. The van der Waals surface area contributed by atoms with Gasteiger partial charge in [0.1, 0.15) is 16.5 Å². The normalized spacial score (nSPS) is 24.2. The van der Waals surface area contributed by atoms with Gasteiger partial charge < -0.3 is 15.3 Å². The summed E-state index contributed by atoms with van der Waals surface area (Å²) in [5.74, 6) is -1.24. The molecule has 1 aliphatic carbocycles. The second-order valence-corrected chi connectivity index (χ2v) is 15.6. The number of benzene rings is 1. The number of hydrogen-bond donors (Lipinski definition) is 2. The summed E-state index contributed by atoms with van der Waals surface area (Å²) in [4.78, 5) is 41.1. The zero-order chi connectivity index (χ0) is 32.1. The van der Waals surface area contributed by atoms with Crippen molar-refractivity contribution in [2.45, 2.75) is 50.6 Å². The van der Waals surface area contributed by atoms with Gasteiger partial charge in [0.2, 0.25) is 11.3 Å². The molecule has 2 aromatic heterocycles. The number of hydrogen-bond acceptors (Lipinski definition) is 10. The lowest BCUT2D eigenvalue weighted by atomic mass is 9.78. The molecule has 4 heterocycles. The Morgan fingerprint density at radius 1 is 1.11 bits per heavy atom. The molecule has 2 fully saturated rings. The third-order valence-corrected chi connectivity index (χ3v) is 12.3. The van der Waals surface area contributed by atoms with Crippen LogP contribution in [-0.2, 0) is 21.1 Å². The third-order valence-electron chi connectivity index (χ3n) is 9.48. The third kappa shape index (κ3) is 5.94. The highest BCUT2D eigenvalue weighted by Gasteiger charge is 2.50. The highest BCUT2D eigenvalue weighted by atomic mass is 32.2. The summed E-state index contributed by atoms with van der Waals surface area (Å²) in [7, 11) is 0.472. The number of rotatable bonds is 7. The van der Waals surface area contributed by atoms with Gasteiger partial charge in [0.15, 0.2) is 26.3 Å². The largest absolute Gasteiger partial charge is 0.502 e. The summed E-state index contributed by atoms with van der Waals surface area (Å²) in [5.41, 5.74) is -0.661. The van der Waals surface area contributed by atoms with Crippen LogP contribution in [0.1, 0.15) is 59.6 Å². The first-order valence-corrected chi connectivity index (χ1v) is 17.6. The molecule has 1 saturated carbocycles. The summed E-state index contributed by atoms with van der Waals surface area (Å²) in [6.07, 6.45) is 5.28. The minimum Gasteiger partial charge on any atom is -0.502 e. The molecular weight excluding hydrogens is 623 g/mol. The quantitative estimate of drug-likeness (QED) is 0.389. The second kappa shape index (κ2) is 11.8. The van der Waals surface area contributed by atoms with Crippen molar-refractivity contribution >= 4 is 33.0 Å². The second-order valence-electron chi connectivity index (χ2n) is 12.3. The molecule has 6 rings (SSSR count). The molecule has 3 aromatic rings. The maximum absolute atomic E-state index is 13.6. The van der Waals surface area contributed by atoms with Gasteiger partial charge in [0.05, 0.1) is 17.1 Å². The van der Waals surface area contributed by atoms with E-state index < -0.39 is 32.6 Å². The summed E-state index contributed by atoms with van der Waals surface area (Å²) < 4.78 is 38.2. The lowest BCUT2D eigenvalue weighted by molar-refractivity contribution is -0.122. The maximum Gasteiger partial charge on any atom is 0.278 e. The average molecular weight is 659 g/mol. The standard InChI is InChI=1S/C30H35FN6O6S2/c1-35-29(41)25-27(40)26(39)22(28-34-33-24(44-28)14-18-3-5-21(31)6-4-18)16-37(25)36(2)30(35)10-7-19(8-11-30)13-23(38)32-15-20-9-12-45(42,43)17-20/h3-6,16,19-20,40H,7-15,17H2,1-2H3,(H,32,38). The monoisotopic (exact) mass is 658 g/mol. The molecule has 3 aliphatic rings. The number of nitrogens with one attached hydrogen (secondary N) is 1. The van der Waals surface area contributed by atoms with E-state index in [0.717, 1.165) is 5.56 Å². The lowest BCUT2D eigenvalue weighted by Gasteiger charge is -2.55. The molecule has 0 bridgehead atoms. The van der Waals surface area contributed by atoms with Crippen LogP contribution in [0.15, 0.2) is 35.3 Å². The van der Waals surface area contributed by atoms with E-state index in [1.165, 1.54) is 34.3 Å². The van der Waals surface area contributed by atoms with Crippen LogP contribution in [0, 0.1) is 17.7 Å². The number of carbonyl (C=O) groups excluding carboxylic acids is 2. The van der Waals surface area contributed by atoms with Crippen molar-refractivity contribution in [2.75, 3.05) is 37.2 Å². The number of carbonyl (C=O) groups is 2. The number of pyridine rings is 1. The summed E-state index contributed by atoms with van der Waals surface area (Å²) in [5, 5.41) is 25.0. The van der Waals surface area contributed by atoms with Crippen LogP contribution in [0.5, 0.6) is 5.75 Å². The van der Waals surface area contributed by atoms with Gasteiger partial charge in [-0.1, -0.05) is 23.5 Å². The SMILES string of the molecule is CN1C(=O)c2c(O)c(=O)c(-c3nnc(Cc4ccc(F)cc4)s3)cn2N(C)C12CCC(CC(=O)NCC1CCS(=O)(=O)C1)CC2. The molecule has 45 heavy (non-hydrogen) atoms. The molecule has 12 nitrogen and oxygen atoms in total. The molecular formula is C30H35FN6O6S2. The Bertz CT molecular complexity index is 1800. The van der Waals surface area contributed by atoms with E-state index in [4.69, 9.17) is 0 Å². The molecule has 240 valence electrons. The summed E-state index contributed by atoms with van der Waals surface area (Å²) in [6, 6.07) is 6.03. The van der Waals surface area contributed by atoms with Crippen molar-refractivity contribution in [3.63, 3.8) is 0 Å². The Hall–Kier alpha value is -3.85. The van der Waals surface area contributed by atoms with Crippen LogP contribution in [0.4, 0.5) is 4.39 Å². The van der Waals surface area contributed by atoms with Gasteiger partial charge in [0.25, 0.3) is 5.91 Å². The molecule has 1 atom stereocenters. The first-order valence-electron chi connectivity index (χ1n) is 14.9. The minimum atomic E-state index is -3.00. The first kappa shape index (κ1) is 31.1. The van der Waals surface area contributed by atoms with Crippen LogP contribution in [0.3, 0.4) is 0 Å². The zero-order valence-corrected chi connectivity index (χ0v) is 26.7. The molecule has 1 aromatic carbocycles. The van der Waals surface area contributed by atoms with E-state index in [1.807, 2.05) is 12.1 Å². The van der Waals surface area contributed by atoms with Crippen molar-refractivity contribution in [3.8, 4) is 16.3 Å². The zero-order valence-electron chi connectivity index (χ0n) is 25.0. The van der Waals surface area contributed by atoms with Gasteiger partial charge >= 0.3 is 0 Å². The number of fused-ring (bicyclic) bond motifs is 1. The topological polar surface area (TPSA) is 155 Å². The molecule has 2 N–H and O–H groups in total. The minimum absolute atomic E-state index is 0.0429. The number of nitrogens with zero attached hydrogens (tertiary/aromatic N) is 5. The van der Waals surface area contributed by atoms with E-state index in [0.29, 0.717) is 61.5 Å². The van der Waals surface area contributed by atoms with Gasteiger partial charge in [-0.25, -0.2) is 12.8 Å². The highest BCUT2D eigenvalue weighted by Crippen LogP contribution is 2.42. The predicted molar refractivity (Wildman–Crippen MR) is 166 cm³/mol. The van der Waals surface area contributed by atoms with Crippen molar-refractivity contribution in [1.29, 1.82) is 0 Å². The van der Waals surface area contributed by atoms with Crippen LogP contribution in [-0.4, -0.2) is 82.9 Å². The van der Waals surface area contributed by atoms with Crippen LogP contribution < -0.4 is 15.8 Å². The van der Waals surface area contributed by atoms with Crippen molar-refractivity contribution in [1.82, 2.24) is 25.1 Å². The van der Waals surface area contributed by atoms with Gasteiger partial charge in [-0.05, 0) is 61.6 Å². The van der Waals surface area contributed by atoms with Crippen molar-refractivity contribution < 1.29 is 27.5 Å². The summed E-state index contributed by atoms with van der Waals surface area (Å²) >= 11 is 1.18. The molecule has 1 saturated heterocycles. The lowest BCUT2D eigenvalue weighted by Crippen LogP contribution is -2.69. The van der Waals surface area contributed by atoms with Gasteiger partial charge in [-0.15, -0.1) is 10.2 Å². The highest BCUT2D eigenvalue weighted by molar-refractivity contribution is 7.91. The molecule has 1 spiro atoms. The fraction of sp³-hybridized carbons (Fsp3) is 0.500. The fourth-order valence-corrected chi connectivity index (χ4v) is 9.52. The number of sulfone groups is 1. The Morgan fingerprint density at radius 3 is 2.49 bits per heavy atom. The Kier molecular flexibility index (Phi) is 8.18. The molecule has 2 aliphatic heterocycles. The first-order chi connectivity index (χ1) is 21.4. The van der Waals surface area contributed by atoms with Gasteiger partial charge in [-0.2, -0.15) is 0 Å². The number of aromatic hydroxyl groups is 1. The molecule has 15 heteroatoms. The van der Waals surface area contributed by atoms with Crippen LogP contribution in [0.2, 0.25) is 0 Å². The Morgan fingerprint density at radius 2 is 1.82 bits per heavy atom. The fourth-order valence-electron chi connectivity index (χ4n) is 6.78. The smallest absolute Gasteiger partial charge is 0.278 e. The van der Waals surface area contributed by atoms with Gasteiger partial charge in [-0.3, -0.25) is 24.1 Å². The number of halogens is 1. The molecule has 0 radical (unpaired) electrons. The van der Waals surface area contributed by atoms with Gasteiger partial charge in [0, 0.05) is 39.7 Å². The van der Waals surface area contributed by atoms with Crippen LogP contribution in [0.25, 0.3) is 10.6 Å². The molecule has 1 unspecified atom stereocenters. The predicted octanol–water partition coefficient (Wildman–Crippen LogP) is 2.28. The van der Waals surface area contributed by atoms with E-state index in [-0.39, 0.29) is 46.3 Å². The maximum atomic E-state index is 13.6. The van der Waals surface area contributed by atoms with Crippen molar-refractivity contribution in [3.05, 3.63) is 62.8 Å². The van der Waals surface area contributed by atoms with E-state index in [1.54, 1.807) is 24.1 Å².